The van der Waals surface area contributed by atoms with Gasteiger partial charge in [-0.3, -0.25) is 4.79 Å². The molecule has 1 aliphatic heterocycles. The Bertz CT molecular complexity index is 849. The Balaban J connectivity index is 2.50. The lowest BCUT2D eigenvalue weighted by atomic mass is 9.78. The van der Waals surface area contributed by atoms with E-state index < -0.39 is 29.3 Å². The third-order valence-corrected chi connectivity index (χ3v) is 6.68. The van der Waals surface area contributed by atoms with E-state index in [9.17, 15) is 24.6 Å². The van der Waals surface area contributed by atoms with Gasteiger partial charge in [-0.15, -0.1) is 11.8 Å². The summed E-state index contributed by atoms with van der Waals surface area (Å²) >= 11 is 1.34. The van der Waals surface area contributed by atoms with Crippen LogP contribution in [0, 0.1) is 0 Å². The second kappa shape index (κ2) is 8.35. The molecule has 1 amide bonds. The quantitative estimate of drug-likeness (QED) is 0.483. The maximum absolute atomic E-state index is 12.5. The minimum absolute atomic E-state index is 0.153. The van der Waals surface area contributed by atoms with Gasteiger partial charge >= 0.3 is 11.9 Å². The van der Waals surface area contributed by atoms with Crippen LogP contribution in [0.25, 0.3) is 0 Å². The molecule has 1 aliphatic rings. The van der Waals surface area contributed by atoms with Crippen molar-refractivity contribution >= 4 is 29.6 Å². The van der Waals surface area contributed by atoms with Crippen LogP contribution in [0.2, 0.25) is 0 Å². The Kier molecular flexibility index (Phi) is 6.73. The number of phenolic OH excluding ortho intramolecular Hbond substituents is 1. The van der Waals surface area contributed by atoms with Crippen molar-refractivity contribution in [3.8, 4) is 5.75 Å². The van der Waals surface area contributed by atoms with E-state index in [1.165, 1.54) is 16.7 Å². The van der Waals surface area contributed by atoms with Gasteiger partial charge in [-0.2, -0.15) is 0 Å². The lowest BCUT2D eigenvalue weighted by molar-refractivity contribution is -0.177. The zero-order chi connectivity index (χ0) is 23.9. The SMILES string of the molecule is CC(C)(C)c1cc(C2SCC(=O)N2CCC(O)(C(=O)O)C(=O)O)cc(C(C)(C)C)c1O. The molecule has 1 aromatic carbocycles. The van der Waals surface area contributed by atoms with Crippen LogP contribution in [-0.4, -0.2) is 61.1 Å². The minimum atomic E-state index is -2.97. The van der Waals surface area contributed by atoms with Gasteiger partial charge in [0.05, 0.1) is 5.75 Å². The number of thioether (sulfide) groups is 1. The topological polar surface area (TPSA) is 135 Å². The van der Waals surface area contributed by atoms with Crippen molar-refractivity contribution in [3.05, 3.63) is 28.8 Å². The van der Waals surface area contributed by atoms with E-state index in [0.29, 0.717) is 0 Å². The molecule has 8 nitrogen and oxygen atoms in total. The second-order valence-electron chi connectivity index (χ2n) is 9.94. The number of nitrogens with zero attached hydrogens (tertiary/aromatic N) is 1. The first-order valence-corrected chi connectivity index (χ1v) is 11.0. The largest absolute Gasteiger partial charge is 0.507 e. The number of hydrogen-bond acceptors (Lipinski definition) is 6. The first-order chi connectivity index (χ1) is 14.0. The van der Waals surface area contributed by atoms with E-state index in [1.807, 2.05) is 53.7 Å². The number of carbonyl (C=O) groups excluding carboxylic acids is 1. The van der Waals surface area contributed by atoms with Gasteiger partial charge in [-0.05, 0) is 39.7 Å². The van der Waals surface area contributed by atoms with Gasteiger partial charge in [0.2, 0.25) is 5.91 Å². The smallest absolute Gasteiger partial charge is 0.347 e. The van der Waals surface area contributed by atoms with Crippen molar-refractivity contribution in [2.45, 2.75) is 69.8 Å². The summed E-state index contributed by atoms with van der Waals surface area (Å²) in [5, 5.41) is 38.8. The highest BCUT2D eigenvalue weighted by atomic mass is 32.2. The van der Waals surface area contributed by atoms with Gasteiger partial charge in [0, 0.05) is 13.0 Å². The maximum atomic E-state index is 12.5. The lowest BCUT2D eigenvalue weighted by Gasteiger charge is -2.31. The number of amides is 1. The number of phenols is 1. The molecule has 1 fully saturated rings. The molecule has 4 N–H and O–H groups in total. The van der Waals surface area contributed by atoms with E-state index in [-0.39, 0.29) is 34.8 Å². The van der Waals surface area contributed by atoms with Crippen molar-refractivity contribution in [2.24, 2.45) is 0 Å². The molecule has 1 atom stereocenters. The first-order valence-electron chi connectivity index (χ1n) is 9.98. The summed E-state index contributed by atoms with van der Waals surface area (Å²) < 4.78 is 0. The fourth-order valence-electron chi connectivity index (χ4n) is 3.50. The molecule has 0 aromatic heterocycles. The van der Waals surface area contributed by atoms with Crippen LogP contribution in [0.15, 0.2) is 12.1 Å². The zero-order valence-corrected chi connectivity index (χ0v) is 19.5. The van der Waals surface area contributed by atoms with Gasteiger partial charge in [0.25, 0.3) is 5.60 Å². The van der Waals surface area contributed by atoms with Gasteiger partial charge in [0.15, 0.2) is 0 Å². The molecule has 0 radical (unpaired) electrons. The summed E-state index contributed by atoms with van der Waals surface area (Å²) in [5.74, 6) is -3.65. The van der Waals surface area contributed by atoms with Crippen molar-refractivity contribution in [3.63, 3.8) is 0 Å². The third-order valence-electron chi connectivity index (χ3n) is 5.42. The number of hydrogen-bond donors (Lipinski definition) is 4. The Labute approximate surface area is 186 Å². The number of aliphatic hydroxyl groups is 1. The highest BCUT2D eigenvalue weighted by molar-refractivity contribution is 8.00. The van der Waals surface area contributed by atoms with Crippen LogP contribution in [0.4, 0.5) is 0 Å². The molecule has 1 heterocycles. The van der Waals surface area contributed by atoms with Crippen molar-refractivity contribution in [1.29, 1.82) is 0 Å². The third kappa shape index (κ3) is 4.98. The molecule has 1 aromatic rings. The van der Waals surface area contributed by atoms with Gasteiger partial charge < -0.3 is 25.3 Å². The number of carbonyl (C=O) groups is 3. The molecule has 172 valence electrons. The lowest BCUT2D eigenvalue weighted by Crippen LogP contribution is -2.49. The minimum Gasteiger partial charge on any atom is -0.507 e. The summed E-state index contributed by atoms with van der Waals surface area (Å²) in [6, 6.07) is 3.68. The van der Waals surface area contributed by atoms with Gasteiger partial charge in [0.1, 0.15) is 11.1 Å². The average molecular weight is 454 g/mol. The molecule has 2 rings (SSSR count). The van der Waals surface area contributed by atoms with E-state index in [1.54, 1.807) is 0 Å². The van der Waals surface area contributed by atoms with Crippen LogP contribution >= 0.6 is 11.8 Å². The fraction of sp³-hybridized carbons (Fsp3) is 0.591. The predicted molar refractivity (Wildman–Crippen MR) is 117 cm³/mol. The monoisotopic (exact) mass is 453 g/mol. The second-order valence-corrected chi connectivity index (χ2v) is 11.0. The van der Waals surface area contributed by atoms with E-state index >= 15 is 0 Å². The molecule has 9 heteroatoms. The molecule has 0 bridgehead atoms. The Morgan fingerprint density at radius 3 is 1.87 bits per heavy atom. The average Bonchev–Trinajstić information content (AvgIpc) is 2.98. The molecular weight excluding hydrogens is 422 g/mol. The highest BCUT2D eigenvalue weighted by Crippen LogP contribution is 2.45. The van der Waals surface area contributed by atoms with Crippen LogP contribution in [-0.2, 0) is 25.2 Å². The summed E-state index contributed by atoms with van der Waals surface area (Å²) in [4.78, 5) is 36.5. The molecule has 1 unspecified atom stereocenters. The first kappa shape index (κ1) is 25.0. The summed E-state index contributed by atoms with van der Waals surface area (Å²) in [5.41, 5.74) is -1.50. The van der Waals surface area contributed by atoms with E-state index in [4.69, 9.17) is 10.2 Å². The normalized spacial score (nSPS) is 17.8. The van der Waals surface area contributed by atoms with Crippen LogP contribution in [0.3, 0.4) is 0 Å². The van der Waals surface area contributed by atoms with Crippen molar-refractivity contribution < 1.29 is 34.8 Å². The van der Waals surface area contributed by atoms with Crippen LogP contribution in [0.1, 0.15) is 70.0 Å². The van der Waals surface area contributed by atoms with Crippen molar-refractivity contribution in [1.82, 2.24) is 4.90 Å². The molecule has 0 saturated carbocycles. The molecule has 0 spiro atoms. The molecule has 1 saturated heterocycles. The number of aromatic hydroxyl groups is 1. The fourth-order valence-corrected chi connectivity index (χ4v) is 4.70. The zero-order valence-electron chi connectivity index (χ0n) is 18.7. The Morgan fingerprint density at radius 1 is 1.03 bits per heavy atom. The van der Waals surface area contributed by atoms with E-state index in [2.05, 4.69) is 0 Å². The number of rotatable bonds is 6. The Hall–Kier alpha value is -2.26. The van der Waals surface area contributed by atoms with E-state index in [0.717, 1.165) is 16.7 Å². The number of benzene rings is 1. The summed E-state index contributed by atoms with van der Waals surface area (Å²) in [6.07, 6.45) is -0.642. The molecule has 0 aliphatic carbocycles. The van der Waals surface area contributed by atoms with Crippen molar-refractivity contribution in [2.75, 3.05) is 12.3 Å². The number of carboxylic acids is 2. The van der Waals surface area contributed by atoms with Gasteiger partial charge in [-0.25, -0.2) is 9.59 Å². The number of aliphatic carboxylic acids is 2. The molecular formula is C22H31NO7S. The maximum Gasteiger partial charge on any atom is 0.347 e. The van der Waals surface area contributed by atoms with Crippen LogP contribution in [0.5, 0.6) is 5.75 Å². The predicted octanol–water partition coefficient (Wildman–Crippen LogP) is 2.85. The summed E-state index contributed by atoms with van der Waals surface area (Å²) in [6.45, 7) is 11.6. The summed E-state index contributed by atoms with van der Waals surface area (Å²) in [7, 11) is 0. The van der Waals surface area contributed by atoms with Crippen LogP contribution < -0.4 is 0 Å². The molecule has 31 heavy (non-hydrogen) atoms. The number of carboxylic acid groups (broad SMARTS) is 2. The standard InChI is InChI=1S/C22H31NO7S/c1-20(2,3)13-9-12(10-14(16(13)25)21(4,5)6)17-23(15(24)11-31-17)8-7-22(30,18(26)27)19(28)29/h9-10,17,25,30H,7-8,11H2,1-6H3,(H,26,27)(H,28,29). The highest BCUT2D eigenvalue weighted by Gasteiger charge is 2.46. The van der Waals surface area contributed by atoms with Gasteiger partial charge in [-0.1, -0.05) is 41.5 Å². The Morgan fingerprint density at radius 2 is 1.48 bits per heavy atom.